The topological polar surface area (TPSA) is 36.9 Å². The minimum absolute atomic E-state index is 0.0693. The molecule has 2 heterocycles. The Bertz CT molecular complexity index is 965. The van der Waals surface area contributed by atoms with E-state index in [1.807, 2.05) is 0 Å². The standard InChI is InChI=1S/C32H40O4P/c1-26-31(35-21-20-33-26)25-32-30(34-22-23-36-32)19-11-12-24-37(27-13-5-2-6-14-27,28-15-7-3-8-16-28)29-17-9-4-10-18-29/h2-10,13-18,26,30-32H,11-12,19-25H2,1H3/q+1. The van der Waals surface area contributed by atoms with Crippen LogP contribution in [0.4, 0.5) is 0 Å². The third-order valence-electron chi connectivity index (χ3n) is 7.77. The summed E-state index contributed by atoms with van der Waals surface area (Å²) in [7, 11) is -1.78. The smallest absolute Gasteiger partial charge is 0.112 e. The zero-order valence-corrected chi connectivity index (χ0v) is 22.8. The first-order valence-corrected chi connectivity index (χ1v) is 15.8. The maximum absolute atomic E-state index is 6.24. The molecule has 0 aromatic heterocycles. The lowest BCUT2D eigenvalue weighted by molar-refractivity contribution is -0.184. The van der Waals surface area contributed by atoms with Crippen LogP contribution in [0, 0.1) is 0 Å². The van der Waals surface area contributed by atoms with Crippen molar-refractivity contribution in [1.82, 2.24) is 0 Å². The summed E-state index contributed by atoms with van der Waals surface area (Å²) in [5.41, 5.74) is 0. The molecule has 3 aromatic carbocycles. The molecule has 37 heavy (non-hydrogen) atoms. The van der Waals surface area contributed by atoms with Crippen LogP contribution in [0.25, 0.3) is 0 Å². The van der Waals surface area contributed by atoms with Gasteiger partial charge < -0.3 is 18.9 Å². The predicted octanol–water partition coefficient (Wildman–Crippen LogP) is 5.13. The van der Waals surface area contributed by atoms with Crippen molar-refractivity contribution in [2.24, 2.45) is 0 Å². The van der Waals surface area contributed by atoms with Crippen molar-refractivity contribution in [3.05, 3.63) is 91.0 Å². The third kappa shape index (κ3) is 6.33. The predicted molar refractivity (Wildman–Crippen MR) is 153 cm³/mol. The highest BCUT2D eigenvalue weighted by atomic mass is 31.2. The van der Waals surface area contributed by atoms with E-state index in [0.717, 1.165) is 31.8 Å². The molecule has 0 N–H and O–H groups in total. The molecule has 4 unspecified atom stereocenters. The van der Waals surface area contributed by atoms with Crippen molar-refractivity contribution in [2.45, 2.75) is 57.0 Å². The Morgan fingerprint density at radius 2 is 1.03 bits per heavy atom. The molecule has 2 saturated heterocycles. The van der Waals surface area contributed by atoms with E-state index in [0.29, 0.717) is 26.4 Å². The van der Waals surface area contributed by atoms with Gasteiger partial charge in [-0.3, -0.25) is 0 Å². The van der Waals surface area contributed by atoms with E-state index in [1.54, 1.807) is 0 Å². The number of unbranched alkanes of at least 4 members (excludes halogenated alkanes) is 1. The zero-order chi connectivity index (χ0) is 25.3. The van der Waals surface area contributed by atoms with Gasteiger partial charge in [-0.05, 0) is 62.6 Å². The van der Waals surface area contributed by atoms with E-state index < -0.39 is 7.26 Å². The van der Waals surface area contributed by atoms with Crippen molar-refractivity contribution in [3.63, 3.8) is 0 Å². The van der Waals surface area contributed by atoms with Crippen LogP contribution in [0.15, 0.2) is 91.0 Å². The highest BCUT2D eigenvalue weighted by Gasteiger charge is 2.44. The van der Waals surface area contributed by atoms with Crippen LogP contribution in [0.1, 0.15) is 32.6 Å². The molecule has 0 amide bonds. The van der Waals surface area contributed by atoms with E-state index in [4.69, 9.17) is 18.9 Å². The highest BCUT2D eigenvalue weighted by Crippen LogP contribution is 2.56. The largest absolute Gasteiger partial charge is 0.373 e. The van der Waals surface area contributed by atoms with Crippen LogP contribution in [0.5, 0.6) is 0 Å². The third-order valence-corrected chi connectivity index (χ3v) is 12.3. The number of hydrogen-bond donors (Lipinski definition) is 0. The van der Waals surface area contributed by atoms with E-state index in [9.17, 15) is 0 Å². The Kier molecular flexibility index (Phi) is 9.42. The van der Waals surface area contributed by atoms with Crippen LogP contribution < -0.4 is 15.9 Å². The zero-order valence-electron chi connectivity index (χ0n) is 21.9. The van der Waals surface area contributed by atoms with E-state index in [2.05, 4.69) is 97.9 Å². The molecule has 2 aliphatic heterocycles. The van der Waals surface area contributed by atoms with Gasteiger partial charge in [-0.2, -0.15) is 0 Å². The first-order chi connectivity index (χ1) is 18.3. The van der Waals surface area contributed by atoms with Gasteiger partial charge >= 0.3 is 0 Å². The molecule has 0 spiro atoms. The highest BCUT2D eigenvalue weighted by molar-refractivity contribution is 7.95. The SMILES string of the molecule is CC1OCCOC1CC1OCCOC1CCCC[P+](c1ccccc1)(c1ccccc1)c1ccccc1. The summed E-state index contributed by atoms with van der Waals surface area (Å²) in [5.74, 6) is 0. The monoisotopic (exact) mass is 519 g/mol. The fraction of sp³-hybridized carbons (Fsp3) is 0.438. The van der Waals surface area contributed by atoms with Gasteiger partial charge in [0.1, 0.15) is 23.2 Å². The Hall–Kier alpha value is -2.07. The van der Waals surface area contributed by atoms with Gasteiger partial charge in [0.2, 0.25) is 0 Å². The molecule has 196 valence electrons. The number of benzene rings is 3. The Labute approximate surface area is 222 Å². The van der Waals surface area contributed by atoms with Gasteiger partial charge in [-0.15, -0.1) is 0 Å². The molecule has 0 saturated carbocycles. The molecule has 0 bridgehead atoms. The molecule has 0 radical (unpaired) electrons. The van der Waals surface area contributed by atoms with Gasteiger partial charge in [0.15, 0.2) is 0 Å². The summed E-state index contributed by atoms with van der Waals surface area (Å²) >= 11 is 0. The summed E-state index contributed by atoms with van der Waals surface area (Å²) in [6, 6.07) is 33.5. The van der Waals surface area contributed by atoms with Crippen molar-refractivity contribution >= 4 is 23.2 Å². The first-order valence-electron chi connectivity index (χ1n) is 13.8. The second-order valence-electron chi connectivity index (χ2n) is 10.1. The molecule has 4 atom stereocenters. The molecule has 5 rings (SSSR count). The molecular weight excluding hydrogens is 479 g/mol. The number of ether oxygens (including phenoxy) is 4. The quantitative estimate of drug-likeness (QED) is 0.275. The summed E-state index contributed by atoms with van der Waals surface area (Å²) in [6.45, 7) is 4.78. The normalized spacial score (nSPS) is 24.6. The summed E-state index contributed by atoms with van der Waals surface area (Å²) in [5, 5.41) is 4.35. The second kappa shape index (κ2) is 13.1. The summed E-state index contributed by atoms with van der Waals surface area (Å²) in [6.07, 6.45) is 5.59. The van der Waals surface area contributed by atoms with E-state index >= 15 is 0 Å². The fourth-order valence-corrected chi connectivity index (χ4v) is 10.3. The molecule has 5 heteroatoms. The Morgan fingerprint density at radius 1 is 0.568 bits per heavy atom. The Morgan fingerprint density at radius 3 is 1.54 bits per heavy atom. The summed E-state index contributed by atoms with van der Waals surface area (Å²) < 4.78 is 24.2. The molecule has 3 aromatic rings. The van der Waals surface area contributed by atoms with E-state index in [1.165, 1.54) is 15.9 Å². The van der Waals surface area contributed by atoms with Gasteiger partial charge in [0, 0.05) is 6.42 Å². The van der Waals surface area contributed by atoms with Gasteiger partial charge in [0.05, 0.1) is 57.0 Å². The van der Waals surface area contributed by atoms with Crippen LogP contribution in [0.3, 0.4) is 0 Å². The van der Waals surface area contributed by atoms with Crippen LogP contribution in [-0.2, 0) is 18.9 Å². The lowest BCUT2D eigenvalue weighted by atomic mass is 9.98. The average Bonchev–Trinajstić information content (AvgIpc) is 2.97. The van der Waals surface area contributed by atoms with Crippen molar-refractivity contribution in [3.8, 4) is 0 Å². The number of rotatable bonds is 10. The molecule has 0 aliphatic carbocycles. The maximum Gasteiger partial charge on any atom is 0.112 e. The average molecular weight is 520 g/mol. The summed E-state index contributed by atoms with van der Waals surface area (Å²) in [4.78, 5) is 0. The van der Waals surface area contributed by atoms with Crippen molar-refractivity contribution in [2.75, 3.05) is 32.6 Å². The van der Waals surface area contributed by atoms with E-state index in [-0.39, 0.29) is 24.4 Å². The number of hydrogen-bond acceptors (Lipinski definition) is 4. The molecule has 2 aliphatic rings. The van der Waals surface area contributed by atoms with Gasteiger partial charge in [-0.25, -0.2) is 0 Å². The van der Waals surface area contributed by atoms with Crippen molar-refractivity contribution < 1.29 is 18.9 Å². The van der Waals surface area contributed by atoms with Crippen molar-refractivity contribution in [1.29, 1.82) is 0 Å². The molecule has 4 nitrogen and oxygen atoms in total. The molecular formula is C32H40O4P+. The minimum Gasteiger partial charge on any atom is -0.373 e. The van der Waals surface area contributed by atoms with Gasteiger partial charge in [-0.1, -0.05) is 54.6 Å². The fourth-order valence-electron chi connectivity index (χ4n) is 5.84. The maximum atomic E-state index is 6.24. The van der Waals surface area contributed by atoms with Crippen LogP contribution in [-0.4, -0.2) is 57.0 Å². The van der Waals surface area contributed by atoms with Crippen LogP contribution in [0.2, 0.25) is 0 Å². The molecule has 2 fully saturated rings. The minimum atomic E-state index is -1.78. The lowest BCUT2D eigenvalue weighted by Gasteiger charge is -2.37. The van der Waals surface area contributed by atoms with Crippen LogP contribution >= 0.6 is 7.26 Å². The first kappa shape index (κ1) is 26.5. The lowest BCUT2D eigenvalue weighted by Crippen LogP contribution is -2.45. The Balaban J connectivity index is 1.32. The second-order valence-corrected chi connectivity index (χ2v) is 13.7. The van der Waals surface area contributed by atoms with Gasteiger partial charge in [0.25, 0.3) is 0 Å².